The number of carbonyl (C=O) groups excluding carboxylic acids is 1. The predicted octanol–water partition coefficient (Wildman–Crippen LogP) is 2.72. The van der Waals surface area contributed by atoms with Crippen LogP contribution in [-0.4, -0.2) is 16.5 Å². The van der Waals surface area contributed by atoms with E-state index in [0.717, 1.165) is 6.07 Å². The average Bonchev–Trinajstić information content (AvgIpc) is 2.33. The van der Waals surface area contributed by atoms with Crippen molar-refractivity contribution in [3.8, 4) is 22.6 Å². The molecule has 0 spiro atoms. The summed E-state index contributed by atoms with van der Waals surface area (Å²) in [6.45, 7) is 0. The summed E-state index contributed by atoms with van der Waals surface area (Å²) in [7, 11) is 0. The van der Waals surface area contributed by atoms with E-state index in [1.54, 1.807) is 6.07 Å². The van der Waals surface area contributed by atoms with Crippen molar-refractivity contribution < 1.29 is 19.4 Å². The van der Waals surface area contributed by atoms with E-state index in [1.807, 2.05) is 0 Å². The van der Waals surface area contributed by atoms with Gasteiger partial charge in [0.05, 0.1) is 5.56 Å². The molecule has 2 aromatic carbocycles. The lowest BCUT2D eigenvalue weighted by molar-refractivity contribution is 0.112. The van der Waals surface area contributed by atoms with E-state index in [2.05, 4.69) is 0 Å². The number of halogens is 1. The molecule has 0 aromatic heterocycles. The zero-order valence-corrected chi connectivity index (χ0v) is 8.72. The third-order valence-electron chi connectivity index (χ3n) is 2.44. The SMILES string of the molecule is O=Cc1cc(-c2ccc(O)c(F)c2)ccc1O. The Kier molecular flexibility index (Phi) is 2.78. The second-order valence-corrected chi connectivity index (χ2v) is 3.56. The molecule has 17 heavy (non-hydrogen) atoms. The van der Waals surface area contributed by atoms with Crippen LogP contribution >= 0.6 is 0 Å². The van der Waals surface area contributed by atoms with Crippen LogP contribution < -0.4 is 0 Å². The van der Waals surface area contributed by atoms with Gasteiger partial charge in [-0.15, -0.1) is 0 Å². The summed E-state index contributed by atoms with van der Waals surface area (Å²) in [6.07, 6.45) is 0.523. The van der Waals surface area contributed by atoms with Crippen LogP contribution in [0, 0.1) is 5.82 Å². The van der Waals surface area contributed by atoms with Crippen LogP contribution in [0.15, 0.2) is 36.4 Å². The van der Waals surface area contributed by atoms with E-state index in [1.165, 1.54) is 24.3 Å². The molecule has 0 fully saturated rings. The summed E-state index contributed by atoms with van der Waals surface area (Å²) >= 11 is 0. The molecule has 86 valence electrons. The van der Waals surface area contributed by atoms with Crippen molar-refractivity contribution in [1.29, 1.82) is 0 Å². The first-order chi connectivity index (χ1) is 8.11. The minimum Gasteiger partial charge on any atom is -0.507 e. The summed E-state index contributed by atoms with van der Waals surface area (Å²) in [6, 6.07) is 8.31. The highest BCUT2D eigenvalue weighted by atomic mass is 19.1. The Morgan fingerprint density at radius 3 is 2.12 bits per heavy atom. The first-order valence-corrected chi connectivity index (χ1v) is 4.89. The van der Waals surface area contributed by atoms with Gasteiger partial charge in [0, 0.05) is 0 Å². The van der Waals surface area contributed by atoms with Crippen molar-refractivity contribution in [3.05, 3.63) is 47.8 Å². The summed E-state index contributed by atoms with van der Waals surface area (Å²) in [5.41, 5.74) is 1.24. The van der Waals surface area contributed by atoms with Crippen LogP contribution in [0.4, 0.5) is 4.39 Å². The summed E-state index contributed by atoms with van der Waals surface area (Å²) in [5.74, 6) is -1.28. The number of hydrogen-bond acceptors (Lipinski definition) is 3. The molecule has 0 amide bonds. The van der Waals surface area contributed by atoms with E-state index in [0.29, 0.717) is 17.4 Å². The zero-order valence-electron chi connectivity index (χ0n) is 8.72. The van der Waals surface area contributed by atoms with Gasteiger partial charge in [-0.1, -0.05) is 12.1 Å². The molecule has 0 saturated heterocycles. The Balaban J connectivity index is 2.52. The molecule has 0 saturated carbocycles. The number of phenols is 2. The first kappa shape index (κ1) is 11.1. The van der Waals surface area contributed by atoms with Gasteiger partial charge in [0.2, 0.25) is 0 Å². The average molecular weight is 232 g/mol. The maximum atomic E-state index is 13.2. The Hall–Kier alpha value is -2.36. The second-order valence-electron chi connectivity index (χ2n) is 3.56. The summed E-state index contributed by atoms with van der Waals surface area (Å²) < 4.78 is 13.2. The number of hydrogen-bond donors (Lipinski definition) is 2. The van der Waals surface area contributed by atoms with Gasteiger partial charge in [-0.25, -0.2) is 4.39 Å². The number of aromatic hydroxyl groups is 2. The minimum absolute atomic E-state index is 0.122. The van der Waals surface area contributed by atoms with Crippen molar-refractivity contribution in [3.63, 3.8) is 0 Å². The molecule has 2 N–H and O–H groups in total. The highest BCUT2D eigenvalue weighted by Gasteiger charge is 2.06. The van der Waals surface area contributed by atoms with E-state index < -0.39 is 11.6 Å². The fourth-order valence-corrected chi connectivity index (χ4v) is 1.51. The number of benzene rings is 2. The minimum atomic E-state index is -0.733. The Labute approximate surface area is 96.8 Å². The van der Waals surface area contributed by atoms with E-state index in [9.17, 15) is 14.3 Å². The molecule has 0 heterocycles. The Morgan fingerprint density at radius 1 is 0.941 bits per heavy atom. The second kappa shape index (κ2) is 4.25. The highest BCUT2D eigenvalue weighted by Crippen LogP contribution is 2.27. The third-order valence-corrected chi connectivity index (χ3v) is 2.44. The van der Waals surface area contributed by atoms with Gasteiger partial charge in [0.1, 0.15) is 5.75 Å². The molecule has 0 aliphatic carbocycles. The van der Waals surface area contributed by atoms with Crippen LogP contribution in [0.5, 0.6) is 11.5 Å². The fourth-order valence-electron chi connectivity index (χ4n) is 1.51. The van der Waals surface area contributed by atoms with Crippen molar-refractivity contribution >= 4 is 6.29 Å². The van der Waals surface area contributed by atoms with Gasteiger partial charge < -0.3 is 10.2 Å². The van der Waals surface area contributed by atoms with Crippen molar-refractivity contribution in [2.75, 3.05) is 0 Å². The van der Waals surface area contributed by atoms with Crippen molar-refractivity contribution in [2.45, 2.75) is 0 Å². The molecular formula is C13H9FO3. The number of phenolic OH excluding ortho intramolecular Hbond substituents is 2. The molecule has 0 atom stereocenters. The molecule has 4 heteroatoms. The lowest BCUT2D eigenvalue weighted by Crippen LogP contribution is -1.85. The maximum Gasteiger partial charge on any atom is 0.165 e. The quantitative estimate of drug-likeness (QED) is 0.782. The largest absolute Gasteiger partial charge is 0.507 e. The molecular weight excluding hydrogens is 223 g/mol. The smallest absolute Gasteiger partial charge is 0.165 e. The van der Waals surface area contributed by atoms with Crippen LogP contribution in [0.2, 0.25) is 0 Å². The standard InChI is InChI=1S/C13H9FO3/c14-11-6-9(2-4-13(11)17)8-1-3-12(16)10(5-8)7-15/h1-7,16-17H. The number of carbonyl (C=O) groups is 1. The van der Waals surface area contributed by atoms with Crippen molar-refractivity contribution in [1.82, 2.24) is 0 Å². The molecule has 0 aliphatic rings. The molecule has 0 bridgehead atoms. The Bertz CT molecular complexity index is 579. The molecule has 0 radical (unpaired) electrons. The van der Waals surface area contributed by atoms with E-state index in [-0.39, 0.29) is 11.3 Å². The van der Waals surface area contributed by atoms with Crippen LogP contribution in [0.1, 0.15) is 10.4 Å². The van der Waals surface area contributed by atoms with Gasteiger partial charge in [0.15, 0.2) is 17.9 Å². The summed E-state index contributed by atoms with van der Waals surface area (Å²) in [5, 5.41) is 18.4. The van der Waals surface area contributed by atoms with Gasteiger partial charge >= 0.3 is 0 Å². The number of aldehydes is 1. The highest BCUT2D eigenvalue weighted by molar-refractivity contribution is 5.82. The number of rotatable bonds is 2. The molecule has 0 unspecified atom stereocenters. The lowest BCUT2D eigenvalue weighted by Gasteiger charge is -2.05. The molecule has 3 nitrogen and oxygen atoms in total. The van der Waals surface area contributed by atoms with Crippen LogP contribution in [-0.2, 0) is 0 Å². The van der Waals surface area contributed by atoms with Gasteiger partial charge in [0.25, 0.3) is 0 Å². The van der Waals surface area contributed by atoms with Crippen molar-refractivity contribution in [2.24, 2.45) is 0 Å². The van der Waals surface area contributed by atoms with Crippen LogP contribution in [0.3, 0.4) is 0 Å². The van der Waals surface area contributed by atoms with E-state index >= 15 is 0 Å². The molecule has 2 rings (SSSR count). The van der Waals surface area contributed by atoms with Gasteiger partial charge in [-0.2, -0.15) is 0 Å². The van der Waals surface area contributed by atoms with Crippen LogP contribution in [0.25, 0.3) is 11.1 Å². The normalized spacial score (nSPS) is 10.2. The van der Waals surface area contributed by atoms with Gasteiger partial charge in [-0.05, 0) is 35.4 Å². The zero-order chi connectivity index (χ0) is 12.4. The maximum absolute atomic E-state index is 13.2. The third kappa shape index (κ3) is 2.10. The molecule has 0 aliphatic heterocycles. The first-order valence-electron chi connectivity index (χ1n) is 4.89. The monoisotopic (exact) mass is 232 g/mol. The predicted molar refractivity (Wildman–Crippen MR) is 60.6 cm³/mol. The Morgan fingerprint density at radius 2 is 1.53 bits per heavy atom. The topological polar surface area (TPSA) is 57.5 Å². The van der Waals surface area contributed by atoms with Gasteiger partial charge in [-0.3, -0.25) is 4.79 Å². The lowest BCUT2D eigenvalue weighted by atomic mass is 10.0. The fraction of sp³-hybridized carbons (Fsp3) is 0. The summed E-state index contributed by atoms with van der Waals surface area (Å²) in [4.78, 5) is 10.7. The molecule has 2 aromatic rings. The van der Waals surface area contributed by atoms with E-state index in [4.69, 9.17) is 5.11 Å².